The average Bonchev–Trinajstić information content (AvgIpc) is 2.09. The summed E-state index contributed by atoms with van der Waals surface area (Å²) in [4.78, 5) is 4.04. The topological polar surface area (TPSA) is 33.1 Å². The predicted octanol–water partition coefficient (Wildman–Crippen LogP) is 3.25. The van der Waals surface area contributed by atoms with Crippen molar-refractivity contribution in [2.45, 2.75) is 0 Å². The van der Waals surface area contributed by atoms with E-state index >= 15 is 0 Å². The van der Waals surface area contributed by atoms with Crippen molar-refractivity contribution in [3.05, 3.63) is 34.4 Å². The number of hydrogen-bond donors (Lipinski definition) is 1. The fraction of sp³-hybridized carbons (Fsp3) is 0. The first kappa shape index (κ1) is 8.60. The minimum atomic E-state index is 0.0175. The highest BCUT2D eigenvalue weighted by molar-refractivity contribution is 6.37. The summed E-state index contributed by atoms with van der Waals surface area (Å²) in [6.07, 6.45) is 1.58. The summed E-state index contributed by atoms with van der Waals surface area (Å²) < 4.78 is 0. The van der Waals surface area contributed by atoms with Gasteiger partial charge in [-0.25, -0.2) is 0 Å². The van der Waals surface area contributed by atoms with Crippen LogP contribution in [0.25, 0.3) is 10.9 Å². The van der Waals surface area contributed by atoms with E-state index in [1.165, 1.54) is 6.07 Å². The van der Waals surface area contributed by atoms with Crippen molar-refractivity contribution in [1.82, 2.24) is 4.98 Å². The SMILES string of the molecule is Oc1cc2nccc(Cl)c2cc1Cl. The van der Waals surface area contributed by atoms with Crippen LogP contribution in [-0.2, 0) is 0 Å². The van der Waals surface area contributed by atoms with Crippen LogP contribution in [0, 0.1) is 0 Å². The van der Waals surface area contributed by atoms with E-state index in [2.05, 4.69) is 4.98 Å². The molecule has 2 aromatic rings. The fourth-order valence-electron chi connectivity index (χ4n) is 1.12. The molecule has 66 valence electrons. The summed E-state index contributed by atoms with van der Waals surface area (Å²) in [5, 5.41) is 10.9. The van der Waals surface area contributed by atoms with E-state index in [4.69, 9.17) is 23.2 Å². The molecule has 0 atom stereocenters. The molecule has 2 nitrogen and oxygen atoms in total. The summed E-state index contributed by atoms with van der Waals surface area (Å²) in [6.45, 7) is 0. The number of phenolic OH excluding ortho intramolecular Hbond substituents is 1. The van der Waals surface area contributed by atoms with Crippen LogP contribution in [0.15, 0.2) is 24.4 Å². The van der Waals surface area contributed by atoms with Gasteiger partial charge in [-0.2, -0.15) is 0 Å². The van der Waals surface area contributed by atoms with Crippen LogP contribution in [0.3, 0.4) is 0 Å². The van der Waals surface area contributed by atoms with E-state index in [0.29, 0.717) is 10.5 Å². The third-order valence-electron chi connectivity index (χ3n) is 1.76. The smallest absolute Gasteiger partial charge is 0.136 e. The normalized spacial score (nSPS) is 10.6. The van der Waals surface area contributed by atoms with E-state index in [1.54, 1.807) is 18.3 Å². The number of aromatic nitrogens is 1. The number of hydrogen-bond acceptors (Lipinski definition) is 2. The second kappa shape index (κ2) is 3.05. The highest BCUT2D eigenvalue weighted by atomic mass is 35.5. The molecule has 1 aromatic heterocycles. The number of phenols is 1. The van der Waals surface area contributed by atoms with Crippen LogP contribution in [-0.4, -0.2) is 10.1 Å². The van der Waals surface area contributed by atoms with Gasteiger partial charge in [-0.05, 0) is 12.1 Å². The summed E-state index contributed by atoms with van der Waals surface area (Å²) in [7, 11) is 0. The molecule has 0 unspecified atom stereocenters. The Morgan fingerprint density at radius 1 is 1.15 bits per heavy atom. The van der Waals surface area contributed by atoms with Crippen molar-refractivity contribution in [2.75, 3.05) is 0 Å². The van der Waals surface area contributed by atoms with Gasteiger partial charge in [0.25, 0.3) is 0 Å². The maximum absolute atomic E-state index is 9.29. The van der Waals surface area contributed by atoms with Crippen molar-refractivity contribution >= 4 is 34.1 Å². The Balaban J connectivity index is 2.89. The molecule has 2 rings (SSSR count). The third-order valence-corrected chi connectivity index (χ3v) is 2.39. The Bertz CT molecular complexity index is 470. The molecule has 0 fully saturated rings. The second-order valence-corrected chi connectivity index (χ2v) is 3.43. The summed E-state index contributed by atoms with van der Waals surface area (Å²) >= 11 is 11.6. The zero-order valence-electron chi connectivity index (χ0n) is 6.46. The van der Waals surface area contributed by atoms with Crippen molar-refractivity contribution < 1.29 is 5.11 Å². The molecule has 0 radical (unpaired) electrons. The lowest BCUT2D eigenvalue weighted by Gasteiger charge is -2.01. The monoisotopic (exact) mass is 213 g/mol. The number of benzene rings is 1. The molecule has 1 heterocycles. The maximum atomic E-state index is 9.29. The number of pyridine rings is 1. The van der Waals surface area contributed by atoms with Crippen LogP contribution in [0.5, 0.6) is 5.75 Å². The molecule has 0 aliphatic rings. The lowest BCUT2D eigenvalue weighted by molar-refractivity contribution is 0.476. The van der Waals surface area contributed by atoms with E-state index in [-0.39, 0.29) is 10.8 Å². The van der Waals surface area contributed by atoms with Gasteiger partial charge in [-0.3, -0.25) is 4.98 Å². The lowest BCUT2D eigenvalue weighted by atomic mass is 10.2. The molecular formula is C9H5Cl2NO. The number of fused-ring (bicyclic) bond motifs is 1. The number of halogens is 2. The van der Waals surface area contributed by atoms with Gasteiger partial charge < -0.3 is 5.11 Å². The molecular weight excluding hydrogens is 209 g/mol. The Labute approximate surface area is 84.7 Å². The van der Waals surface area contributed by atoms with Crippen molar-refractivity contribution in [3.8, 4) is 5.75 Å². The third kappa shape index (κ3) is 1.43. The van der Waals surface area contributed by atoms with Gasteiger partial charge >= 0.3 is 0 Å². The summed E-state index contributed by atoms with van der Waals surface area (Å²) in [5.74, 6) is 0.0175. The molecule has 4 heteroatoms. The highest BCUT2D eigenvalue weighted by Gasteiger charge is 2.04. The first-order chi connectivity index (χ1) is 6.18. The first-order valence-corrected chi connectivity index (χ1v) is 4.37. The summed E-state index contributed by atoms with van der Waals surface area (Å²) in [5.41, 5.74) is 0.634. The molecule has 0 amide bonds. The Morgan fingerprint density at radius 2 is 1.92 bits per heavy atom. The number of aromatic hydroxyl groups is 1. The van der Waals surface area contributed by atoms with Gasteiger partial charge in [0.05, 0.1) is 15.6 Å². The van der Waals surface area contributed by atoms with Crippen LogP contribution in [0.1, 0.15) is 0 Å². The quantitative estimate of drug-likeness (QED) is 0.730. The fourth-order valence-corrected chi connectivity index (χ4v) is 1.49. The Morgan fingerprint density at radius 3 is 2.69 bits per heavy atom. The molecule has 1 N–H and O–H groups in total. The highest BCUT2D eigenvalue weighted by Crippen LogP contribution is 2.31. The number of rotatable bonds is 0. The molecule has 0 saturated heterocycles. The molecule has 1 aromatic carbocycles. The largest absolute Gasteiger partial charge is 0.506 e. The van der Waals surface area contributed by atoms with Gasteiger partial charge in [0.15, 0.2) is 0 Å². The maximum Gasteiger partial charge on any atom is 0.136 e. The minimum Gasteiger partial charge on any atom is -0.506 e. The summed E-state index contributed by atoms with van der Waals surface area (Å²) in [6, 6.07) is 4.77. The molecule has 0 aliphatic heterocycles. The second-order valence-electron chi connectivity index (χ2n) is 2.61. The van der Waals surface area contributed by atoms with E-state index < -0.39 is 0 Å². The standard InChI is InChI=1S/C9H5Cl2NO/c10-6-1-2-12-8-4-9(13)7(11)3-5(6)8/h1-4,13H. The Kier molecular flexibility index (Phi) is 2.02. The molecule has 13 heavy (non-hydrogen) atoms. The van der Waals surface area contributed by atoms with Crippen LogP contribution >= 0.6 is 23.2 Å². The van der Waals surface area contributed by atoms with E-state index in [1.807, 2.05) is 0 Å². The predicted molar refractivity (Wildman–Crippen MR) is 53.4 cm³/mol. The first-order valence-electron chi connectivity index (χ1n) is 3.61. The van der Waals surface area contributed by atoms with E-state index in [0.717, 1.165) is 5.39 Å². The van der Waals surface area contributed by atoms with Crippen LogP contribution < -0.4 is 0 Å². The van der Waals surface area contributed by atoms with Crippen LogP contribution in [0.2, 0.25) is 10.0 Å². The van der Waals surface area contributed by atoms with Gasteiger partial charge in [0.1, 0.15) is 5.75 Å². The Hall–Kier alpha value is -0.990. The van der Waals surface area contributed by atoms with Crippen molar-refractivity contribution in [3.63, 3.8) is 0 Å². The van der Waals surface area contributed by atoms with Gasteiger partial charge in [-0.1, -0.05) is 23.2 Å². The number of nitrogens with zero attached hydrogens (tertiary/aromatic N) is 1. The van der Waals surface area contributed by atoms with Gasteiger partial charge in [-0.15, -0.1) is 0 Å². The molecule has 0 saturated carbocycles. The molecule has 0 bridgehead atoms. The zero-order chi connectivity index (χ0) is 9.42. The minimum absolute atomic E-state index is 0.0175. The van der Waals surface area contributed by atoms with E-state index in [9.17, 15) is 5.11 Å². The van der Waals surface area contributed by atoms with Crippen molar-refractivity contribution in [1.29, 1.82) is 0 Å². The van der Waals surface area contributed by atoms with Crippen molar-refractivity contribution in [2.24, 2.45) is 0 Å². The lowest BCUT2D eigenvalue weighted by Crippen LogP contribution is -1.79. The van der Waals surface area contributed by atoms with Gasteiger partial charge in [0, 0.05) is 17.6 Å². The zero-order valence-corrected chi connectivity index (χ0v) is 7.97. The molecule has 0 aliphatic carbocycles. The molecule has 0 spiro atoms. The van der Waals surface area contributed by atoms with Crippen LogP contribution in [0.4, 0.5) is 0 Å². The van der Waals surface area contributed by atoms with Gasteiger partial charge in [0.2, 0.25) is 0 Å². The average molecular weight is 214 g/mol.